The zero-order valence-electron chi connectivity index (χ0n) is 19.4. The molecule has 2 aromatic carbocycles. The maximum Gasteiger partial charge on any atom is 0.253 e. The number of fused-ring (bicyclic) bond motifs is 1. The van der Waals surface area contributed by atoms with E-state index in [0.29, 0.717) is 44.8 Å². The summed E-state index contributed by atoms with van der Waals surface area (Å²) in [4.78, 5) is 21.7. The van der Waals surface area contributed by atoms with Gasteiger partial charge in [-0.15, -0.1) is 0 Å². The second-order valence-corrected chi connectivity index (χ2v) is 11.2. The molecule has 10 heteroatoms. The van der Waals surface area contributed by atoms with Gasteiger partial charge in [-0.25, -0.2) is 17.8 Å². The van der Waals surface area contributed by atoms with Gasteiger partial charge in [0.05, 0.1) is 15.1 Å². The van der Waals surface area contributed by atoms with Crippen LogP contribution in [-0.4, -0.2) is 67.8 Å². The predicted octanol–water partition coefficient (Wildman–Crippen LogP) is 4.21. The van der Waals surface area contributed by atoms with Gasteiger partial charge < -0.3 is 9.80 Å². The van der Waals surface area contributed by atoms with E-state index in [1.54, 1.807) is 23.1 Å². The molecule has 1 amide bonds. The number of sulfonamides is 1. The van der Waals surface area contributed by atoms with Crippen LogP contribution in [-0.2, 0) is 10.0 Å². The van der Waals surface area contributed by atoms with Gasteiger partial charge in [0.25, 0.3) is 5.91 Å². The summed E-state index contributed by atoms with van der Waals surface area (Å²) in [5, 5.41) is 0.825. The number of unbranched alkanes of at least 4 members (excludes halogenated alkanes) is 1. The number of carbonyl (C=O) groups excluding carboxylic acids is 1. The van der Waals surface area contributed by atoms with Crippen molar-refractivity contribution in [3.63, 3.8) is 0 Å². The highest BCUT2D eigenvalue weighted by atomic mass is 32.2. The molecule has 1 fully saturated rings. The first-order valence-corrected chi connectivity index (χ1v) is 13.8. The minimum Gasteiger partial charge on any atom is -0.345 e. The first kappa shape index (κ1) is 24.6. The van der Waals surface area contributed by atoms with Crippen molar-refractivity contribution in [1.29, 1.82) is 0 Å². The number of carbonyl (C=O) groups is 1. The van der Waals surface area contributed by atoms with Gasteiger partial charge in [-0.2, -0.15) is 4.31 Å². The van der Waals surface area contributed by atoms with Gasteiger partial charge in [-0.3, -0.25) is 4.79 Å². The SMILES string of the molecule is CCCCN(CC)S(=O)(=O)c1ccc(C(=O)N2CCN(c3nc4ccc(F)cc4s3)CC2)cc1. The molecule has 182 valence electrons. The summed E-state index contributed by atoms with van der Waals surface area (Å²) in [6, 6.07) is 10.8. The van der Waals surface area contributed by atoms with E-state index in [-0.39, 0.29) is 16.6 Å². The minimum atomic E-state index is -3.57. The molecule has 4 rings (SSSR count). The third-order valence-corrected chi connectivity index (χ3v) is 9.10. The molecule has 1 aliphatic rings. The number of piperazine rings is 1. The molecule has 7 nitrogen and oxygen atoms in total. The van der Waals surface area contributed by atoms with Crippen molar-refractivity contribution >= 4 is 42.6 Å². The fourth-order valence-corrected chi connectivity index (χ4v) is 6.54. The van der Waals surface area contributed by atoms with Crippen molar-refractivity contribution in [3.05, 3.63) is 53.8 Å². The maximum atomic E-state index is 13.5. The summed E-state index contributed by atoms with van der Waals surface area (Å²) in [5.41, 5.74) is 1.24. The van der Waals surface area contributed by atoms with Crippen LogP contribution in [0.2, 0.25) is 0 Å². The zero-order valence-corrected chi connectivity index (χ0v) is 21.0. The molecule has 0 bridgehead atoms. The molecular weight excluding hydrogens is 475 g/mol. The largest absolute Gasteiger partial charge is 0.345 e. The van der Waals surface area contributed by atoms with Crippen LogP contribution in [0.25, 0.3) is 10.2 Å². The third-order valence-electron chi connectivity index (χ3n) is 6.03. The normalized spacial score (nSPS) is 14.8. The van der Waals surface area contributed by atoms with E-state index < -0.39 is 10.0 Å². The number of rotatable bonds is 8. The van der Waals surface area contributed by atoms with Crippen LogP contribution in [0.1, 0.15) is 37.0 Å². The maximum absolute atomic E-state index is 13.5. The summed E-state index contributed by atoms with van der Waals surface area (Å²) in [5.74, 6) is -0.395. The van der Waals surface area contributed by atoms with Crippen molar-refractivity contribution in [2.75, 3.05) is 44.2 Å². The van der Waals surface area contributed by atoms with Gasteiger partial charge in [0.15, 0.2) is 5.13 Å². The number of benzene rings is 2. The quantitative estimate of drug-likeness (QED) is 0.460. The van der Waals surface area contributed by atoms with Crippen LogP contribution in [0.4, 0.5) is 9.52 Å². The van der Waals surface area contributed by atoms with E-state index in [4.69, 9.17) is 0 Å². The van der Waals surface area contributed by atoms with E-state index in [1.807, 2.05) is 13.8 Å². The molecule has 2 heterocycles. The molecule has 34 heavy (non-hydrogen) atoms. The van der Waals surface area contributed by atoms with Gasteiger partial charge in [-0.05, 0) is 48.9 Å². The Labute approximate surface area is 203 Å². The van der Waals surface area contributed by atoms with Crippen LogP contribution in [0.15, 0.2) is 47.4 Å². The fourth-order valence-electron chi connectivity index (χ4n) is 4.01. The Hall–Kier alpha value is -2.56. The van der Waals surface area contributed by atoms with E-state index >= 15 is 0 Å². The van der Waals surface area contributed by atoms with E-state index in [2.05, 4.69) is 9.88 Å². The number of anilines is 1. The first-order chi connectivity index (χ1) is 16.3. The van der Waals surface area contributed by atoms with Crippen molar-refractivity contribution in [3.8, 4) is 0 Å². The Kier molecular flexibility index (Phi) is 7.49. The van der Waals surface area contributed by atoms with Crippen molar-refractivity contribution in [2.45, 2.75) is 31.6 Å². The smallest absolute Gasteiger partial charge is 0.253 e. The van der Waals surface area contributed by atoms with Crippen LogP contribution in [0.3, 0.4) is 0 Å². The highest BCUT2D eigenvalue weighted by Crippen LogP contribution is 2.30. The number of hydrogen-bond acceptors (Lipinski definition) is 6. The van der Waals surface area contributed by atoms with Crippen molar-refractivity contribution in [1.82, 2.24) is 14.2 Å². The Morgan fingerprint density at radius 2 is 1.79 bits per heavy atom. The Morgan fingerprint density at radius 3 is 2.44 bits per heavy atom. The van der Waals surface area contributed by atoms with Gasteiger partial charge in [0, 0.05) is 44.8 Å². The van der Waals surface area contributed by atoms with Crippen LogP contribution in [0, 0.1) is 5.82 Å². The molecule has 0 atom stereocenters. The van der Waals surface area contributed by atoms with Crippen molar-refractivity contribution < 1.29 is 17.6 Å². The summed E-state index contributed by atoms with van der Waals surface area (Å²) in [6.45, 7) is 7.08. The third kappa shape index (κ3) is 5.08. The zero-order chi connectivity index (χ0) is 24.3. The molecule has 0 radical (unpaired) electrons. The first-order valence-electron chi connectivity index (χ1n) is 11.5. The Bertz CT molecular complexity index is 1250. The lowest BCUT2D eigenvalue weighted by Gasteiger charge is -2.34. The van der Waals surface area contributed by atoms with Crippen molar-refractivity contribution in [2.24, 2.45) is 0 Å². The summed E-state index contributed by atoms with van der Waals surface area (Å²) >= 11 is 1.45. The molecule has 0 aliphatic carbocycles. The molecule has 0 spiro atoms. The highest BCUT2D eigenvalue weighted by molar-refractivity contribution is 7.89. The topological polar surface area (TPSA) is 73.8 Å². The van der Waals surface area contributed by atoms with E-state index in [9.17, 15) is 17.6 Å². The monoisotopic (exact) mass is 504 g/mol. The molecular formula is C24H29FN4O3S2. The second-order valence-electron chi connectivity index (χ2n) is 8.26. The fraction of sp³-hybridized carbons (Fsp3) is 0.417. The lowest BCUT2D eigenvalue weighted by Crippen LogP contribution is -2.48. The average molecular weight is 505 g/mol. The van der Waals surface area contributed by atoms with Crippen LogP contribution in [0.5, 0.6) is 0 Å². The number of amides is 1. The molecule has 1 aromatic heterocycles. The molecule has 1 aliphatic heterocycles. The summed E-state index contributed by atoms with van der Waals surface area (Å²) in [6.07, 6.45) is 1.73. The van der Waals surface area contributed by atoms with E-state index in [1.165, 1.54) is 39.9 Å². The molecule has 0 unspecified atom stereocenters. The second kappa shape index (κ2) is 10.4. The average Bonchev–Trinajstić information content (AvgIpc) is 3.27. The Morgan fingerprint density at radius 1 is 1.09 bits per heavy atom. The number of thiazole rings is 1. The molecule has 3 aromatic rings. The summed E-state index contributed by atoms with van der Waals surface area (Å²) < 4.78 is 41.6. The minimum absolute atomic E-state index is 0.117. The van der Waals surface area contributed by atoms with Gasteiger partial charge in [-0.1, -0.05) is 31.6 Å². The Balaban J connectivity index is 1.40. The van der Waals surface area contributed by atoms with Crippen LogP contribution >= 0.6 is 11.3 Å². The molecule has 0 saturated carbocycles. The lowest BCUT2D eigenvalue weighted by molar-refractivity contribution is 0.0746. The van der Waals surface area contributed by atoms with Gasteiger partial charge in [0.1, 0.15) is 5.82 Å². The number of halogens is 1. The lowest BCUT2D eigenvalue weighted by atomic mass is 10.2. The standard InChI is InChI=1S/C24H29FN4O3S2/c1-3-5-12-29(4-2)34(31,32)20-9-6-18(7-10-20)23(30)27-13-15-28(16-14-27)24-26-21-11-8-19(25)17-22(21)33-24/h6-11,17H,3-5,12-16H2,1-2H3. The number of hydrogen-bond donors (Lipinski definition) is 0. The summed E-state index contributed by atoms with van der Waals surface area (Å²) in [7, 11) is -3.57. The van der Waals surface area contributed by atoms with E-state index in [0.717, 1.165) is 28.2 Å². The highest BCUT2D eigenvalue weighted by Gasteiger charge is 2.26. The van der Waals surface area contributed by atoms with Crippen LogP contribution < -0.4 is 4.90 Å². The predicted molar refractivity (Wildman–Crippen MR) is 133 cm³/mol. The number of nitrogens with zero attached hydrogens (tertiary/aromatic N) is 4. The molecule has 0 N–H and O–H groups in total. The molecule has 1 saturated heterocycles. The van der Waals surface area contributed by atoms with Gasteiger partial charge >= 0.3 is 0 Å². The van der Waals surface area contributed by atoms with Gasteiger partial charge in [0.2, 0.25) is 10.0 Å². The number of aromatic nitrogens is 1.